The highest BCUT2D eigenvalue weighted by Gasteiger charge is 2.34. The van der Waals surface area contributed by atoms with E-state index < -0.39 is 0 Å². The molecule has 1 saturated carbocycles. The van der Waals surface area contributed by atoms with Gasteiger partial charge in [0.1, 0.15) is 0 Å². The van der Waals surface area contributed by atoms with E-state index in [0.717, 1.165) is 24.1 Å². The van der Waals surface area contributed by atoms with Crippen LogP contribution in [0.25, 0.3) is 0 Å². The van der Waals surface area contributed by atoms with Gasteiger partial charge in [-0.05, 0) is 30.5 Å². The maximum atomic E-state index is 12.2. The average Bonchev–Trinajstić information content (AvgIpc) is 2.38. The van der Waals surface area contributed by atoms with Crippen molar-refractivity contribution in [1.29, 1.82) is 0 Å². The third-order valence-corrected chi connectivity index (χ3v) is 3.94. The molecule has 3 heteroatoms. The van der Waals surface area contributed by atoms with Crippen molar-refractivity contribution in [1.82, 2.24) is 5.32 Å². The fourth-order valence-corrected chi connectivity index (χ4v) is 2.59. The van der Waals surface area contributed by atoms with E-state index in [1.54, 1.807) is 0 Å². The molecule has 98 valence electrons. The summed E-state index contributed by atoms with van der Waals surface area (Å²) in [4.78, 5) is 12.2. The van der Waals surface area contributed by atoms with Crippen LogP contribution in [0.5, 0.6) is 0 Å². The molecule has 2 rings (SSSR count). The van der Waals surface area contributed by atoms with Gasteiger partial charge in [0, 0.05) is 17.6 Å². The maximum absolute atomic E-state index is 12.2. The molecule has 1 aromatic carbocycles. The first-order chi connectivity index (χ1) is 8.60. The number of amides is 1. The number of carbonyl (C=O) groups is 1. The van der Waals surface area contributed by atoms with Gasteiger partial charge in [-0.2, -0.15) is 0 Å². The number of rotatable bonds is 3. The van der Waals surface area contributed by atoms with Crippen LogP contribution in [0.3, 0.4) is 0 Å². The molecule has 1 aromatic rings. The number of nitrogens with two attached hydrogens (primary N) is 1. The lowest BCUT2D eigenvalue weighted by molar-refractivity contribution is -0.132. The van der Waals surface area contributed by atoms with Crippen LogP contribution >= 0.6 is 0 Å². The van der Waals surface area contributed by atoms with E-state index >= 15 is 0 Å². The van der Waals surface area contributed by atoms with Gasteiger partial charge in [-0.15, -0.1) is 0 Å². The molecule has 0 aliphatic heterocycles. The van der Waals surface area contributed by atoms with Crippen LogP contribution in [0.2, 0.25) is 0 Å². The number of nitrogen functional groups attached to an aromatic ring is 1. The Morgan fingerprint density at radius 1 is 1.22 bits per heavy atom. The van der Waals surface area contributed by atoms with Crippen LogP contribution in [-0.4, -0.2) is 5.91 Å². The SMILES string of the molecule is CC1(C(=O)NCc2ccc(N)cc2)CCCCC1. The monoisotopic (exact) mass is 246 g/mol. The second-order valence-electron chi connectivity index (χ2n) is 5.55. The lowest BCUT2D eigenvalue weighted by atomic mass is 9.75. The molecular weight excluding hydrogens is 224 g/mol. The smallest absolute Gasteiger partial charge is 0.226 e. The summed E-state index contributed by atoms with van der Waals surface area (Å²) in [6.45, 7) is 2.68. The van der Waals surface area contributed by atoms with Crippen LogP contribution in [0.15, 0.2) is 24.3 Å². The predicted octanol–water partition coefficient (Wildman–Crippen LogP) is 2.86. The fourth-order valence-electron chi connectivity index (χ4n) is 2.59. The van der Waals surface area contributed by atoms with E-state index in [1.165, 1.54) is 19.3 Å². The molecule has 0 radical (unpaired) electrons. The minimum atomic E-state index is -0.161. The van der Waals surface area contributed by atoms with Crippen LogP contribution in [0.1, 0.15) is 44.6 Å². The molecule has 0 saturated heterocycles. The number of anilines is 1. The minimum absolute atomic E-state index is 0.161. The zero-order valence-electron chi connectivity index (χ0n) is 11.0. The van der Waals surface area contributed by atoms with E-state index in [2.05, 4.69) is 12.2 Å². The van der Waals surface area contributed by atoms with Gasteiger partial charge in [0.15, 0.2) is 0 Å². The molecule has 1 aliphatic carbocycles. The second-order valence-corrected chi connectivity index (χ2v) is 5.55. The summed E-state index contributed by atoms with van der Waals surface area (Å²) in [5, 5.41) is 3.05. The molecule has 0 heterocycles. The second kappa shape index (κ2) is 5.42. The summed E-state index contributed by atoms with van der Waals surface area (Å²) < 4.78 is 0. The van der Waals surface area contributed by atoms with Gasteiger partial charge >= 0.3 is 0 Å². The Morgan fingerprint density at radius 2 is 1.83 bits per heavy atom. The molecule has 0 aromatic heterocycles. The molecule has 18 heavy (non-hydrogen) atoms. The first-order valence-electron chi connectivity index (χ1n) is 6.73. The predicted molar refractivity (Wildman–Crippen MR) is 73.9 cm³/mol. The van der Waals surface area contributed by atoms with E-state index in [9.17, 15) is 4.79 Å². The average molecular weight is 246 g/mol. The summed E-state index contributed by atoms with van der Waals surface area (Å²) in [5.41, 5.74) is 7.32. The van der Waals surface area contributed by atoms with Crippen molar-refractivity contribution in [3.05, 3.63) is 29.8 Å². The van der Waals surface area contributed by atoms with Crippen LogP contribution in [-0.2, 0) is 11.3 Å². The van der Waals surface area contributed by atoms with Crippen LogP contribution in [0.4, 0.5) is 5.69 Å². The lowest BCUT2D eigenvalue weighted by Gasteiger charge is -2.32. The lowest BCUT2D eigenvalue weighted by Crippen LogP contribution is -2.39. The van der Waals surface area contributed by atoms with Crippen molar-refractivity contribution in [2.75, 3.05) is 5.73 Å². The van der Waals surface area contributed by atoms with Crippen molar-refractivity contribution in [2.24, 2.45) is 5.41 Å². The van der Waals surface area contributed by atoms with Gasteiger partial charge < -0.3 is 11.1 Å². The summed E-state index contributed by atoms with van der Waals surface area (Å²) in [7, 11) is 0. The van der Waals surface area contributed by atoms with E-state index in [1.807, 2.05) is 24.3 Å². The normalized spacial score (nSPS) is 18.3. The number of hydrogen-bond donors (Lipinski definition) is 2. The van der Waals surface area contributed by atoms with Crippen molar-refractivity contribution < 1.29 is 4.79 Å². The molecule has 0 atom stereocenters. The molecule has 0 unspecified atom stereocenters. The summed E-state index contributed by atoms with van der Waals surface area (Å²) in [6, 6.07) is 7.64. The standard InChI is InChI=1S/C15H22N2O/c1-15(9-3-2-4-10-15)14(18)17-11-12-5-7-13(16)8-6-12/h5-8H,2-4,9-11,16H2,1H3,(H,17,18). The Morgan fingerprint density at radius 3 is 2.44 bits per heavy atom. The number of benzene rings is 1. The number of nitrogens with one attached hydrogen (secondary N) is 1. The summed E-state index contributed by atoms with van der Waals surface area (Å²) >= 11 is 0. The third-order valence-electron chi connectivity index (χ3n) is 3.94. The van der Waals surface area contributed by atoms with Crippen molar-refractivity contribution in [3.8, 4) is 0 Å². The van der Waals surface area contributed by atoms with Crippen molar-refractivity contribution >= 4 is 11.6 Å². The summed E-state index contributed by atoms with van der Waals surface area (Å²) in [5.74, 6) is 0.194. The molecule has 1 amide bonds. The Bertz CT molecular complexity index is 405. The van der Waals surface area contributed by atoms with E-state index in [-0.39, 0.29) is 11.3 Å². The third kappa shape index (κ3) is 3.03. The van der Waals surface area contributed by atoms with Gasteiger partial charge in [-0.1, -0.05) is 38.3 Å². The molecule has 0 spiro atoms. The van der Waals surface area contributed by atoms with Crippen LogP contribution < -0.4 is 11.1 Å². The molecule has 1 aliphatic rings. The van der Waals surface area contributed by atoms with Gasteiger partial charge in [0.2, 0.25) is 5.91 Å². The van der Waals surface area contributed by atoms with Gasteiger partial charge in [-0.25, -0.2) is 0 Å². The zero-order chi connectivity index (χ0) is 13.0. The number of carbonyl (C=O) groups excluding carboxylic acids is 1. The van der Waals surface area contributed by atoms with Crippen molar-refractivity contribution in [3.63, 3.8) is 0 Å². The highest BCUT2D eigenvalue weighted by Crippen LogP contribution is 2.35. The molecular formula is C15H22N2O. The Balaban J connectivity index is 1.89. The molecule has 3 nitrogen and oxygen atoms in total. The Kier molecular flexibility index (Phi) is 3.90. The number of hydrogen-bond acceptors (Lipinski definition) is 2. The maximum Gasteiger partial charge on any atom is 0.226 e. The molecule has 1 fully saturated rings. The van der Waals surface area contributed by atoms with Crippen molar-refractivity contribution in [2.45, 2.75) is 45.6 Å². The first-order valence-corrected chi connectivity index (χ1v) is 6.73. The first kappa shape index (κ1) is 12.9. The zero-order valence-corrected chi connectivity index (χ0v) is 11.0. The molecule has 0 bridgehead atoms. The van der Waals surface area contributed by atoms with Gasteiger partial charge in [0.05, 0.1) is 0 Å². The quantitative estimate of drug-likeness (QED) is 0.806. The van der Waals surface area contributed by atoms with Gasteiger partial charge in [-0.3, -0.25) is 4.79 Å². The minimum Gasteiger partial charge on any atom is -0.399 e. The molecule has 3 N–H and O–H groups in total. The Labute approximate surface area is 109 Å². The highest BCUT2D eigenvalue weighted by molar-refractivity contribution is 5.82. The highest BCUT2D eigenvalue weighted by atomic mass is 16.2. The summed E-state index contributed by atoms with van der Waals surface area (Å²) in [6.07, 6.45) is 5.64. The fraction of sp³-hybridized carbons (Fsp3) is 0.533. The van der Waals surface area contributed by atoms with E-state index in [0.29, 0.717) is 6.54 Å². The van der Waals surface area contributed by atoms with Crippen LogP contribution in [0, 0.1) is 5.41 Å². The topological polar surface area (TPSA) is 55.1 Å². The van der Waals surface area contributed by atoms with Gasteiger partial charge in [0.25, 0.3) is 0 Å². The largest absolute Gasteiger partial charge is 0.399 e. The Hall–Kier alpha value is -1.51. The van der Waals surface area contributed by atoms with E-state index in [4.69, 9.17) is 5.73 Å².